The fourth-order valence-corrected chi connectivity index (χ4v) is 3.56. The predicted octanol–water partition coefficient (Wildman–Crippen LogP) is 4.23. The van der Waals surface area contributed by atoms with Gasteiger partial charge in [0.05, 0.1) is 38.1 Å². The van der Waals surface area contributed by atoms with Crippen molar-refractivity contribution >= 4 is 29.2 Å². The van der Waals surface area contributed by atoms with Crippen LogP contribution in [0, 0.1) is 0 Å². The Labute approximate surface area is 200 Å². The van der Waals surface area contributed by atoms with E-state index < -0.39 is 18.2 Å². The van der Waals surface area contributed by atoms with Crippen LogP contribution in [0.1, 0.15) is 33.6 Å². The standard InChI is InChI=1S/C24H32ClNO7/c1-5-31-22(32-6-2)16-30-12-11-21-20(24(28)33-7-3)13-17(23(27)29-4)15-26(21)19-10-8-9-18(25)14-19/h8-10,14-15,22H,5-7,11-13,16H2,1-4H3. The molecule has 0 N–H and O–H groups in total. The average molecular weight is 482 g/mol. The summed E-state index contributed by atoms with van der Waals surface area (Å²) in [5, 5.41) is 0.524. The fourth-order valence-electron chi connectivity index (χ4n) is 3.37. The van der Waals surface area contributed by atoms with Crippen molar-refractivity contribution in [2.75, 3.05) is 45.0 Å². The van der Waals surface area contributed by atoms with Crippen LogP contribution in [0.15, 0.2) is 47.3 Å². The predicted molar refractivity (Wildman–Crippen MR) is 125 cm³/mol. The largest absolute Gasteiger partial charge is 0.466 e. The van der Waals surface area contributed by atoms with Gasteiger partial charge in [0.1, 0.15) is 0 Å². The maximum Gasteiger partial charge on any atom is 0.336 e. The topological polar surface area (TPSA) is 83.5 Å². The Morgan fingerprint density at radius 3 is 2.42 bits per heavy atom. The summed E-state index contributed by atoms with van der Waals surface area (Å²) >= 11 is 6.21. The van der Waals surface area contributed by atoms with Crippen molar-refractivity contribution in [2.24, 2.45) is 0 Å². The molecule has 0 unspecified atom stereocenters. The molecule has 8 nitrogen and oxygen atoms in total. The van der Waals surface area contributed by atoms with Gasteiger partial charge in [-0.15, -0.1) is 0 Å². The maximum atomic E-state index is 12.8. The summed E-state index contributed by atoms with van der Waals surface area (Å²) in [5.74, 6) is -1.01. The molecule has 0 saturated carbocycles. The summed E-state index contributed by atoms with van der Waals surface area (Å²) in [6, 6.07) is 7.14. The summed E-state index contributed by atoms with van der Waals surface area (Å²) in [4.78, 5) is 26.9. The molecule has 0 bridgehead atoms. The third-order valence-corrected chi connectivity index (χ3v) is 5.02. The van der Waals surface area contributed by atoms with E-state index in [9.17, 15) is 9.59 Å². The van der Waals surface area contributed by atoms with Crippen LogP contribution in [0.5, 0.6) is 0 Å². The van der Waals surface area contributed by atoms with Crippen LogP contribution in [0.25, 0.3) is 0 Å². The van der Waals surface area contributed by atoms with E-state index in [2.05, 4.69) is 0 Å². The smallest absolute Gasteiger partial charge is 0.336 e. The van der Waals surface area contributed by atoms with Crippen LogP contribution in [0.2, 0.25) is 5.02 Å². The van der Waals surface area contributed by atoms with E-state index in [0.717, 1.165) is 0 Å². The molecule has 9 heteroatoms. The van der Waals surface area contributed by atoms with E-state index in [1.54, 1.807) is 36.2 Å². The molecule has 0 aliphatic carbocycles. The molecular formula is C24H32ClNO7. The van der Waals surface area contributed by atoms with Crippen molar-refractivity contribution in [1.29, 1.82) is 0 Å². The lowest BCUT2D eigenvalue weighted by atomic mass is 9.97. The Bertz CT molecular complexity index is 862. The minimum atomic E-state index is -0.518. The summed E-state index contributed by atoms with van der Waals surface area (Å²) in [7, 11) is 1.30. The van der Waals surface area contributed by atoms with E-state index in [4.69, 9.17) is 35.3 Å². The van der Waals surface area contributed by atoms with Crippen molar-refractivity contribution in [3.05, 3.63) is 52.3 Å². The average Bonchev–Trinajstić information content (AvgIpc) is 2.81. The van der Waals surface area contributed by atoms with E-state index in [1.165, 1.54) is 7.11 Å². The van der Waals surface area contributed by atoms with Gasteiger partial charge in [0.25, 0.3) is 0 Å². The first kappa shape index (κ1) is 26.9. The zero-order valence-corrected chi connectivity index (χ0v) is 20.4. The third-order valence-electron chi connectivity index (χ3n) is 4.79. The Morgan fingerprint density at radius 2 is 1.82 bits per heavy atom. The number of methoxy groups -OCH3 is 1. The zero-order chi connectivity index (χ0) is 24.2. The van der Waals surface area contributed by atoms with E-state index in [0.29, 0.717) is 53.8 Å². The molecule has 0 spiro atoms. The second kappa shape index (κ2) is 14.0. The number of carbonyl (C=O) groups excluding carboxylic acids is 2. The maximum absolute atomic E-state index is 12.8. The number of nitrogens with zero attached hydrogens (tertiary/aromatic N) is 1. The van der Waals surface area contributed by atoms with E-state index in [-0.39, 0.29) is 19.6 Å². The molecular weight excluding hydrogens is 450 g/mol. The number of ether oxygens (including phenoxy) is 5. The summed E-state index contributed by atoms with van der Waals surface area (Å²) < 4.78 is 27.0. The quantitative estimate of drug-likeness (QED) is 0.235. The highest BCUT2D eigenvalue weighted by Gasteiger charge is 2.30. The second-order valence-electron chi connectivity index (χ2n) is 6.98. The Hall–Kier alpha value is -2.39. The van der Waals surface area contributed by atoms with Crippen LogP contribution >= 0.6 is 11.6 Å². The monoisotopic (exact) mass is 481 g/mol. The van der Waals surface area contributed by atoms with Crippen LogP contribution in [-0.4, -0.2) is 58.4 Å². The van der Waals surface area contributed by atoms with Crippen molar-refractivity contribution < 1.29 is 33.3 Å². The molecule has 33 heavy (non-hydrogen) atoms. The third kappa shape index (κ3) is 7.85. The van der Waals surface area contributed by atoms with Crippen LogP contribution in [0.3, 0.4) is 0 Å². The molecule has 0 atom stereocenters. The Morgan fingerprint density at radius 1 is 1.09 bits per heavy atom. The van der Waals surface area contributed by atoms with Crippen molar-refractivity contribution in [1.82, 2.24) is 0 Å². The number of benzene rings is 1. The Kier molecular flexibility index (Phi) is 11.4. The number of hydrogen-bond donors (Lipinski definition) is 0. The van der Waals surface area contributed by atoms with Gasteiger partial charge >= 0.3 is 11.9 Å². The van der Waals surface area contributed by atoms with Gasteiger partial charge in [-0.3, -0.25) is 0 Å². The number of rotatable bonds is 13. The molecule has 1 aromatic carbocycles. The highest BCUT2D eigenvalue weighted by atomic mass is 35.5. The number of esters is 2. The summed E-state index contributed by atoms with van der Waals surface area (Å²) in [6.07, 6.45) is 1.69. The lowest BCUT2D eigenvalue weighted by Crippen LogP contribution is -2.29. The molecule has 1 heterocycles. The molecule has 0 aromatic heterocycles. The van der Waals surface area contributed by atoms with Crippen molar-refractivity contribution in [3.63, 3.8) is 0 Å². The fraction of sp³-hybridized carbons (Fsp3) is 0.500. The lowest BCUT2D eigenvalue weighted by Gasteiger charge is -2.31. The lowest BCUT2D eigenvalue weighted by molar-refractivity contribution is -0.167. The SMILES string of the molecule is CCOC(=O)C1=C(CCOCC(OCC)OCC)N(c2cccc(Cl)c2)C=C(C(=O)OC)C1. The van der Waals surface area contributed by atoms with Gasteiger partial charge in [-0.05, 0) is 39.0 Å². The van der Waals surface area contributed by atoms with Gasteiger partial charge in [-0.2, -0.15) is 0 Å². The molecule has 0 amide bonds. The van der Waals surface area contributed by atoms with Gasteiger partial charge in [0.15, 0.2) is 6.29 Å². The highest BCUT2D eigenvalue weighted by molar-refractivity contribution is 6.30. The van der Waals surface area contributed by atoms with Crippen LogP contribution in [0.4, 0.5) is 5.69 Å². The van der Waals surface area contributed by atoms with Crippen LogP contribution < -0.4 is 4.90 Å². The number of carbonyl (C=O) groups is 2. The molecule has 1 aromatic rings. The zero-order valence-electron chi connectivity index (χ0n) is 19.6. The minimum Gasteiger partial charge on any atom is -0.466 e. The first-order valence-electron chi connectivity index (χ1n) is 11.0. The normalized spacial score (nSPS) is 13.9. The van der Waals surface area contributed by atoms with Crippen LogP contribution in [-0.2, 0) is 33.3 Å². The summed E-state index contributed by atoms with van der Waals surface area (Å²) in [5.41, 5.74) is 2.06. The van der Waals surface area contributed by atoms with Crippen molar-refractivity contribution in [3.8, 4) is 0 Å². The van der Waals surface area contributed by atoms with E-state index in [1.807, 2.05) is 19.9 Å². The van der Waals surface area contributed by atoms with Gasteiger partial charge in [-0.25, -0.2) is 9.59 Å². The van der Waals surface area contributed by atoms with Gasteiger partial charge in [-0.1, -0.05) is 17.7 Å². The number of halogens is 1. The molecule has 0 fully saturated rings. The molecule has 2 rings (SSSR count). The molecule has 182 valence electrons. The van der Waals surface area contributed by atoms with Gasteiger partial charge < -0.3 is 28.6 Å². The number of anilines is 1. The van der Waals surface area contributed by atoms with Crippen molar-refractivity contribution in [2.45, 2.75) is 39.9 Å². The molecule has 1 aliphatic rings. The Balaban J connectivity index is 2.33. The van der Waals surface area contributed by atoms with Gasteiger partial charge in [0, 0.05) is 48.7 Å². The van der Waals surface area contributed by atoms with E-state index >= 15 is 0 Å². The van der Waals surface area contributed by atoms with Gasteiger partial charge in [0.2, 0.25) is 0 Å². The molecule has 0 radical (unpaired) electrons. The first-order chi connectivity index (χ1) is 15.9. The molecule has 0 saturated heterocycles. The minimum absolute atomic E-state index is 0.0957. The second-order valence-corrected chi connectivity index (χ2v) is 7.42. The highest BCUT2D eigenvalue weighted by Crippen LogP contribution is 2.34. The first-order valence-corrected chi connectivity index (χ1v) is 11.4. The summed E-state index contributed by atoms with van der Waals surface area (Å²) in [6.45, 7) is 7.29. The molecule has 1 aliphatic heterocycles. The number of hydrogen-bond acceptors (Lipinski definition) is 8.